The van der Waals surface area contributed by atoms with Crippen molar-refractivity contribution in [2.45, 2.75) is 26.3 Å². The Morgan fingerprint density at radius 3 is 2.53 bits per heavy atom. The van der Waals surface area contributed by atoms with Gasteiger partial charge in [0.2, 0.25) is 10.0 Å². The number of anilines is 2. The molecule has 1 heterocycles. The molecule has 2 rings (SSSR count). The zero-order valence-corrected chi connectivity index (χ0v) is 11.2. The standard InChI is InChI=1S/C12H18N2O2S/c1-12(2,3)14-11-7-5-4-6-10(11)13-8-9-17(14,15)16/h4-7,13H,8-9H2,1-3H3. The quantitative estimate of drug-likeness (QED) is 0.771. The fourth-order valence-electron chi connectivity index (χ4n) is 2.13. The molecule has 0 radical (unpaired) electrons. The van der Waals surface area contributed by atoms with Gasteiger partial charge in [0.15, 0.2) is 0 Å². The summed E-state index contributed by atoms with van der Waals surface area (Å²) >= 11 is 0. The van der Waals surface area contributed by atoms with E-state index < -0.39 is 15.6 Å². The second-order valence-corrected chi connectivity index (χ2v) is 7.13. The molecular formula is C12H18N2O2S. The maximum absolute atomic E-state index is 12.3. The van der Waals surface area contributed by atoms with Gasteiger partial charge in [0.25, 0.3) is 0 Å². The van der Waals surface area contributed by atoms with Crippen molar-refractivity contribution >= 4 is 21.4 Å². The number of nitrogens with zero attached hydrogens (tertiary/aromatic N) is 1. The van der Waals surface area contributed by atoms with Crippen LogP contribution in [0, 0.1) is 0 Å². The number of benzene rings is 1. The van der Waals surface area contributed by atoms with Crippen LogP contribution in [-0.2, 0) is 10.0 Å². The van der Waals surface area contributed by atoms with E-state index in [0.717, 1.165) is 11.4 Å². The van der Waals surface area contributed by atoms with Gasteiger partial charge in [-0.25, -0.2) is 8.42 Å². The zero-order chi connectivity index (χ0) is 12.7. The van der Waals surface area contributed by atoms with Crippen LogP contribution in [0.15, 0.2) is 24.3 Å². The minimum Gasteiger partial charge on any atom is -0.382 e. The summed E-state index contributed by atoms with van der Waals surface area (Å²) in [4.78, 5) is 0. The SMILES string of the molecule is CC(C)(C)N1c2ccccc2NCCS1(=O)=O. The van der Waals surface area contributed by atoms with E-state index >= 15 is 0 Å². The van der Waals surface area contributed by atoms with Crippen LogP contribution in [0.2, 0.25) is 0 Å². The van der Waals surface area contributed by atoms with Gasteiger partial charge in [-0.15, -0.1) is 0 Å². The highest BCUT2D eigenvalue weighted by atomic mass is 32.2. The Morgan fingerprint density at radius 1 is 1.24 bits per heavy atom. The van der Waals surface area contributed by atoms with Gasteiger partial charge in [-0.2, -0.15) is 0 Å². The molecule has 0 saturated heterocycles. The van der Waals surface area contributed by atoms with Crippen molar-refractivity contribution in [1.82, 2.24) is 0 Å². The monoisotopic (exact) mass is 254 g/mol. The number of hydrogen-bond donors (Lipinski definition) is 1. The molecule has 0 spiro atoms. The lowest BCUT2D eigenvalue weighted by Crippen LogP contribution is -2.46. The maximum Gasteiger partial charge on any atom is 0.237 e. The van der Waals surface area contributed by atoms with Crippen LogP contribution < -0.4 is 9.62 Å². The third-order valence-electron chi connectivity index (χ3n) is 2.69. The maximum atomic E-state index is 12.3. The summed E-state index contributed by atoms with van der Waals surface area (Å²) in [6, 6.07) is 7.52. The van der Waals surface area contributed by atoms with Crippen LogP contribution in [0.4, 0.5) is 11.4 Å². The highest BCUT2D eigenvalue weighted by molar-refractivity contribution is 7.92. The van der Waals surface area contributed by atoms with E-state index in [-0.39, 0.29) is 5.75 Å². The predicted molar refractivity (Wildman–Crippen MR) is 71.0 cm³/mol. The van der Waals surface area contributed by atoms with Crippen LogP contribution in [0.3, 0.4) is 0 Å². The van der Waals surface area contributed by atoms with E-state index in [1.54, 1.807) is 0 Å². The van der Waals surface area contributed by atoms with E-state index in [1.807, 2.05) is 45.0 Å². The average molecular weight is 254 g/mol. The first-order valence-corrected chi connectivity index (χ1v) is 7.29. The smallest absolute Gasteiger partial charge is 0.237 e. The van der Waals surface area contributed by atoms with Crippen LogP contribution in [-0.4, -0.2) is 26.3 Å². The van der Waals surface area contributed by atoms with E-state index in [1.165, 1.54) is 4.31 Å². The van der Waals surface area contributed by atoms with Crippen molar-refractivity contribution < 1.29 is 8.42 Å². The number of para-hydroxylation sites is 2. The third kappa shape index (κ3) is 2.24. The lowest BCUT2D eigenvalue weighted by molar-refractivity contribution is 0.537. The normalized spacial score (nSPS) is 19.1. The van der Waals surface area contributed by atoms with E-state index in [0.29, 0.717) is 6.54 Å². The summed E-state index contributed by atoms with van der Waals surface area (Å²) in [5.74, 6) is 0.124. The first-order valence-electron chi connectivity index (χ1n) is 5.68. The van der Waals surface area contributed by atoms with Crippen molar-refractivity contribution in [3.05, 3.63) is 24.3 Å². The van der Waals surface area contributed by atoms with Crippen molar-refractivity contribution in [1.29, 1.82) is 0 Å². The number of hydrogen-bond acceptors (Lipinski definition) is 3. The van der Waals surface area contributed by atoms with Gasteiger partial charge in [-0.3, -0.25) is 4.31 Å². The summed E-state index contributed by atoms with van der Waals surface area (Å²) in [6.45, 7) is 6.18. The van der Waals surface area contributed by atoms with E-state index in [4.69, 9.17) is 0 Å². The van der Waals surface area contributed by atoms with Gasteiger partial charge < -0.3 is 5.32 Å². The van der Waals surface area contributed by atoms with E-state index in [9.17, 15) is 8.42 Å². The number of rotatable bonds is 0. The van der Waals surface area contributed by atoms with Gasteiger partial charge in [-0.1, -0.05) is 12.1 Å². The summed E-state index contributed by atoms with van der Waals surface area (Å²) in [7, 11) is -3.26. The van der Waals surface area contributed by atoms with Crippen LogP contribution in [0.25, 0.3) is 0 Å². The molecule has 0 atom stereocenters. The zero-order valence-electron chi connectivity index (χ0n) is 10.4. The molecule has 0 bridgehead atoms. The molecule has 17 heavy (non-hydrogen) atoms. The van der Waals surface area contributed by atoms with Gasteiger partial charge in [0.05, 0.1) is 17.1 Å². The molecule has 1 aromatic carbocycles. The third-order valence-corrected chi connectivity index (χ3v) is 4.71. The molecule has 0 saturated carbocycles. The lowest BCUT2D eigenvalue weighted by atomic mass is 10.1. The minimum absolute atomic E-state index is 0.124. The molecule has 0 amide bonds. The molecule has 0 aliphatic carbocycles. The van der Waals surface area contributed by atoms with Gasteiger partial charge in [-0.05, 0) is 32.9 Å². The second kappa shape index (κ2) is 3.91. The largest absolute Gasteiger partial charge is 0.382 e. The Bertz CT molecular complexity index is 518. The molecule has 4 nitrogen and oxygen atoms in total. The Labute approximate surface area is 103 Å². The number of sulfonamides is 1. The first-order chi connectivity index (χ1) is 7.82. The van der Waals surface area contributed by atoms with Crippen molar-refractivity contribution in [3.63, 3.8) is 0 Å². The van der Waals surface area contributed by atoms with Crippen LogP contribution >= 0.6 is 0 Å². The van der Waals surface area contributed by atoms with Crippen molar-refractivity contribution in [2.75, 3.05) is 21.9 Å². The Hall–Kier alpha value is -1.23. The van der Waals surface area contributed by atoms with Gasteiger partial charge >= 0.3 is 0 Å². The highest BCUT2D eigenvalue weighted by Crippen LogP contribution is 2.35. The van der Waals surface area contributed by atoms with Crippen molar-refractivity contribution in [3.8, 4) is 0 Å². The lowest BCUT2D eigenvalue weighted by Gasteiger charge is -2.36. The van der Waals surface area contributed by atoms with Crippen molar-refractivity contribution in [2.24, 2.45) is 0 Å². The number of fused-ring (bicyclic) bond motifs is 1. The van der Waals surface area contributed by atoms with Crippen LogP contribution in [0.1, 0.15) is 20.8 Å². The molecule has 94 valence electrons. The first kappa shape index (κ1) is 12.2. The summed E-state index contributed by atoms with van der Waals surface area (Å²) < 4.78 is 26.1. The van der Waals surface area contributed by atoms with Gasteiger partial charge in [0, 0.05) is 12.1 Å². The van der Waals surface area contributed by atoms with E-state index in [2.05, 4.69) is 5.32 Å². The minimum atomic E-state index is -3.26. The molecular weight excluding hydrogens is 236 g/mol. The summed E-state index contributed by atoms with van der Waals surface area (Å²) in [6.07, 6.45) is 0. The molecule has 1 aliphatic rings. The Balaban J connectivity index is 2.65. The topological polar surface area (TPSA) is 49.4 Å². The molecule has 0 fully saturated rings. The molecule has 0 unspecified atom stereocenters. The highest BCUT2D eigenvalue weighted by Gasteiger charge is 2.35. The molecule has 1 aliphatic heterocycles. The predicted octanol–water partition coefficient (Wildman–Crippen LogP) is 2.05. The van der Waals surface area contributed by atoms with Gasteiger partial charge in [0.1, 0.15) is 0 Å². The molecule has 1 N–H and O–H groups in total. The Kier molecular flexibility index (Phi) is 2.81. The fourth-order valence-corrected chi connectivity index (χ4v) is 3.97. The fraction of sp³-hybridized carbons (Fsp3) is 0.500. The molecule has 5 heteroatoms. The van der Waals surface area contributed by atoms with Crippen LogP contribution in [0.5, 0.6) is 0 Å². The average Bonchev–Trinajstić information content (AvgIpc) is 2.30. The number of nitrogens with one attached hydrogen (secondary N) is 1. The summed E-state index contributed by atoms with van der Waals surface area (Å²) in [5, 5.41) is 3.16. The molecule has 0 aromatic heterocycles. The Morgan fingerprint density at radius 2 is 1.88 bits per heavy atom. The second-order valence-electron chi connectivity index (χ2n) is 5.20. The summed E-state index contributed by atoms with van der Waals surface area (Å²) in [5.41, 5.74) is 1.15. The molecule has 1 aromatic rings.